The number of phenols is 1. The Balaban J connectivity index is 0.731. The lowest BCUT2D eigenvalue weighted by Crippen LogP contribution is -2.60. The second kappa shape index (κ2) is 22.7. The Hall–Kier alpha value is -7.68. The number of carbonyl (C=O) groups excluding carboxylic acids is 2. The van der Waals surface area contributed by atoms with Crippen molar-refractivity contribution in [3.63, 3.8) is 0 Å². The number of terminal acetylenes is 1. The summed E-state index contributed by atoms with van der Waals surface area (Å²) in [5.74, 6) is 0.674. The normalized spacial score (nSPS) is 24.8. The number of halogens is 3. The molecule has 0 spiro atoms. The number of aromatic hydroxyl groups is 1. The minimum Gasteiger partial charge on any atom is -0.508 e. The Morgan fingerprint density at radius 2 is 1.83 bits per heavy atom. The van der Waals surface area contributed by atoms with Crippen molar-refractivity contribution < 1.29 is 42.2 Å². The number of aryl methyl sites for hydroxylation is 1. The van der Waals surface area contributed by atoms with Gasteiger partial charge in [-0.3, -0.25) is 24.6 Å². The van der Waals surface area contributed by atoms with Crippen LogP contribution in [0.15, 0.2) is 77.7 Å². The van der Waals surface area contributed by atoms with Crippen LogP contribution in [0.3, 0.4) is 0 Å². The molecule has 0 radical (unpaired) electrons. The van der Waals surface area contributed by atoms with E-state index in [1.807, 2.05) is 58.2 Å². The number of piperidine rings is 1. The molecule has 2 bridgehead atoms. The van der Waals surface area contributed by atoms with Crippen LogP contribution in [-0.4, -0.2) is 146 Å². The predicted molar refractivity (Wildman–Crippen MR) is 311 cm³/mol. The zero-order valence-electron chi connectivity index (χ0n) is 47.5. The number of rotatable bonds is 17. The van der Waals surface area contributed by atoms with Crippen LogP contribution in [0, 0.1) is 24.0 Å². The number of ether oxygens (including phenoxy) is 1. The summed E-state index contributed by atoms with van der Waals surface area (Å²) in [6, 6.07) is 14.4. The molecule has 5 fully saturated rings. The number of amides is 1. The SMILES string of the molecule is C#Cc1c(F)ccc2cc(O)cc(-c3ncc4c(N5CC6CCC(C5)N6)nc(OCCC5CC(F)(CC6CNCCN6c6cnoc6C(C)(C)CC(=O)[C@]6(C(=O)N[C@@H](C)c7ccc(-c8ccnn8C)cc7)CC(O)CN6)CCN5)nc4c3F)c12. The third-order valence-corrected chi connectivity index (χ3v) is 17.9. The molecule has 84 heavy (non-hydrogen) atoms. The molecule has 0 aliphatic carbocycles. The van der Waals surface area contributed by atoms with E-state index in [1.165, 1.54) is 30.5 Å². The van der Waals surface area contributed by atoms with E-state index < -0.39 is 52.1 Å². The molecule has 12 rings (SSSR count). The van der Waals surface area contributed by atoms with Crippen LogP contribution in [0.2, 0.25) is 0 Å². The van der Waals surface area contributed by atoms with E-state index in [9.17, 15) is 19.8 Å². The van der Waals surface area contributed by atoms with E-state index in [4.69, 9.17) is 20.7 Å². The van der Waals surface area contributed by atoms with Crippen molar-refractivity contribution in [1.82, 2.24) is 56.5 Å². The number of carbonyl (C=O) groups is 2. The van der Waals surface area contributed by atoms with Gasteiger partial charge in [0.2, 0.25) is 5.91 Å². The third-order valence-electron chi connectivity index (χ3n) is 17.9. The van der Waals surface area contributed by atoms with E-state index >= 15 is 13.2 Å². The van der Waals surface area contributed by atoms with Gasteiger partial charge >= 0.3 is 6.01 Å². The Labute approximate surface area is 484 Å². The van der Waals surface area contributed by atoms with E-state index in [-0.39, 0.29) is 109 Å². The lowest BCUT2D eigenvalue weighted by Gasteiger charge is -2.44. The van der Waals surface area contributed by atoms with E-state index in [0.717, 1.165) is 29.7 Å². The highest BCUT2D eigenvalue weighted by Gasteiger charge is 2.53. The second-order valence-corrected chi connectivity index (χ2v) is 24.2. The molecule has 0 saturated carbocycles. The van der Waals surface area contributed by atoms with Crippen LogP contribution in [0.25, 0.3) is 44.2 Å². The molecule has 5 saturated heterocycles. The number of ketones is 1. The fraction of sp³-hybridized carbons (Fsp3) is 0.468. The first-order valence-corrected chi connectivity index (χ1v) is 29.0. The topological polar surface area (TPSA) is 233 Å². The smallest absolute Gasteiger partial charge is 0.319 e. The van der Waals surface area contributed by atoms with Crippen molar-refractivity contribution in [3.8, 4) is 46.6 Å². The van der Waals surface area contributed by atoms with Gasteiger partial charge in [-0.2, -0.15) is 15.1 Å². The molecule has 3 aromatic carbocycles. The number of nitrogens with one attached hydrogen (secondary N) is 5. The van der Waals surface area contributed by atoms with Gasteiger partial charge in [0.05, 0.1) is 41.6 Å². The van der Waals surface area contributed by atoms with Gasteiger partial charge in [0.25, 0.3) is 0 Å². The van der Waals surface area contributed by atoms with Gasteiger partial charge in [0.1, 0.15) is 40.0 Å². The fourth-order valence-corrected chi connectivity index (χ4v) is 13.6. The number of β-amino-alcohol motifs (C(OH)–C–C–N with tert-alkyl or cyclic N) is 1. The maximum absolute atomic E-state index is 17.6. The van der Waals surface area contributed by atoms with Crippen LogP contribution in [0.5, 0.6) is 11.8 Å². The predicted octanol–water partition coefficient (Wildman–Crippen LogP) is 6.44. The van der Waals surface area contributed by atoms with Gasteiger partial charge in [-0.25, -0.2) is 13.2 Å². The van der Waals surface area contributed by atoms with Crippen LogP contribution in [-0.2, 0) is 22.1 Å². The highest BCUT2D eigenvalue weighted by atomic mass is 19.1. The molecule has 7 aromatic rings. The number of alkyl halides is 1. The number of aliphatic hydroxyl groups is 1. The molecule has 6 unspecified atom stereocenters. The molecule has 440 valence electrons. The number of aromatic nitrogens is 6. The average molecular weight is 1150 g/mol. The number of Topliss-reactive ketones (excluding diaryl/α,β-unsaturated/α-hetero) is 1. The monoisotopic (exact) mass is 1150 g/mol. The first-order valence-electron chi connectivity index (χ1n) is 29.0. The first-order chi connectivity index (χ1) is 40.4. The maximum Gasteiger partial charge on any atom is 0.319 e. The number of pyridine rings is 1. The largest absolute Gasteiger partial charge is 0.508 e. The Bertz CT molecular complexity index is 3670. The number of hydrogen-bond donors (Lipinski definition) is 7. The quantitative estimate of drug-likeness (QED) is 0.0384. The summed E-state index contributed by atoms with van der Waals surface area (Å²) in [5.41, 5.74) is -1.12. The zero-order valence-corrected chi connectivity index (χ0v) is 47.5. The lowest BCUT2D eigenvalue weighted by molar-refractivity contribution is -0.138. The Morgan fingerprint density at radius 1 is 1.04 bits per heavy atom. The molecule has 4 aromatic heterocycles. The Morgan fingerprint density at radius 3 is 2.57 bits per heavy atom. The van der Waals surface area contributed by atoms with Crippen molar-refractivity contribution in [3.05, 3.63) is 102 Å². The van der Waals surface area contributed by atoms with Gasteiger partial charge in [0, 0.05) is 119 Å². The summed E-state index contributed by atoms with van der Waals surface area (Å²) in [7, 11) is 1.87. The molecule has 9 heterocycles. The minimum absolute atomic E-state index is 0.0673. The highest BCUT2D eigenvalue weighted by molar-refractivity contribution is 6.11. The average Bonchev–Trinajstić information content (AvgIpc) is 1.52. The van der Waals surface area contributed by atoms with Gasteiger partial charge in [-0.1, -0.05) is 55.3 Å². The summed E-state index contributed by atoms with van der Waals surface area (Å²) in [4.78, 5) is 47.3. The van der Waals surface area contributed by atoms with Crippen molar-refractivity contribution in [2.45, 2.75) is 125 Å². The van der Waals surface area contributed by atoms with Crippen molar-refractivity contribution in [1.29, 1.82) is 0 Å². The van der Waals surface area contributed by atoms with Gasteiger partial charge in [-0.05, 0) is 86.4 Å². The molecule has 5 aliphatic rings. The number of phenolic OH excluding ortho intramolecular Hbond substituents is 1. The molecule has 22 heteroatoms. The fourth-order valence-electron chi connectivity index (χ4n) is 13.6. The van der Waals surface area contributed by atoms with Crippen LogP contribution >= 0.6 is 0 Å². The number of benzene rings is 3. The van der Waals surface area contributed by atoms with Crippen LogP contribution in [0.4, 0.5) is 24.7 Å². The summed E-state index contributed by atoms with van der Waals surface area (Å²) < 4.78 is 64.0. The number of anilines is 2. The first kappa shape index (κ1) is 56.8. The molecular formula is C62H70F3N13O6. The number of nitrogens with zero attached hydrogens (tertiary/aromatic N) is 8. The van der Waals surface area contributed by atoms with E-state index in [2.05, 4.69) is 62.5 Å². The molecule has 8 atom stereocenters. The molecule has 7 N–H and O–H groups in total. The summed E-state index contributed by atoms with van der Waals surface area (Å²) >= 11 is 0. The summed E-state index contributed by atoms with van der Waals surface area (Å²) in [5, 5.41) is 47.7. The number of aliphatic hydroxyl groups excluding tert-OH is 1. The highest BCUT2D eigenvalue weighted by Crippen LogP contribution is 2.43. The number of fused-ring (bicyclic) bond motifs is 4. The van der Waals surface area contributed by atoms with E-state index in [1.54, 1.807) is 17.1 Å². The zero-order chi connectivity index (χ0) is 58.7. The molecule has 5 aliphatic heterocycles. The number of piperazine rings is 2. The lowest BCUT2D eigenvalue weighted by atomic mass is 9.77. The standard InChI is InChI=1S/C62H70F3N13O6/c1-6-45-48(63)14-11-38-23-43(79)24-46(52(38)45)54-53(64)55-47(31-68-54)57(77-33-40-12-13-41(34-77)73-40)75-59(74-55)83-22-16-39-25-61(65,17-19-67-39)26-42-29-66-20-21-78(42)50-32-71-84-56(50)60(3,4)28-51(81)62(27-44(80)30-69-62)58(82)72-35(2)36-7-9-37(10-8-36)49-15-18-70-76(49)5/h1,7-11,14-15,18,23-24,31-32,35,39-42,44,66-67,69,73,79-80H,12-13,16-17,19-22,25-30,33-34H2,2-5H3,(H,72,82)/t35-,39?,40?,41?,42?,44?,61?,62-/m0/s1. The molecular weight excluding hydrogens is 1080 g/mol. The summed E-state index contributed by atoms with van der Waals surface area (Å²) in [6.07, 6.45) is 12.5. The number of hydrogen-bond acceptors (Lipinski definition) is 17. The summed E-state index contributed by atoms with van der Waals surface area (Å²) in [6.45, 7) is 9.03. The van der Waals surface area contributed by atoms with Gasteiger partial charge < -0.3 is 50.5 Å². The maximum atomic E-state index is 17.6. The van der Waals surface area contributed by atoms with E-state index in [0.29, 0.717) is 73.7 Å². The van der Waals surface area contributed by atoms with Crippen molar-refractivity contribution in [2.24, 2.45) is 7.05 Å². The molecule has 19 nitrogen and oxygen atoms in total. The van der Waals surface area contributed by atoms with Gasteiger partial charge in [-0.15, -0.1) is 6.42 Å². The second-order valence-electron chi connectivity index (χ2n) is 24.2. The molecule has 1 amide bonds. The minimum atomic E-state index is -1.70. The van der Waals surface area contributed by atoms with Crippen LogP contribution < -0.4 is 41.1 Å². The Kier molecular flexibility index (Phi) is 15.4. The van der Waals surface area contributed by atoms with Crippen molar-refractivity contribution >= 4 is 44.9 Å². The third kappa shape index (κ3) is 10.9. The van der Waals surface area contributed by atoms with Crippen LogP contribution in [0.1, 0.15) is 95.1 Å². The van der Waals surface area contributed by atoms with Crippen molar-refractivity contribution in [2.75, 3.05) is 62.2 Å². The van der Waals surface area contributed by atoms with Gasteiger partial charge in [0.15, 0.2) is 22.9 Å².